The highest BCUT2D eigenvalue weighted by Crippen LogP contribution is 2.27. The standard InChI is InChI=1S/C16H22O7/c1-2-21-13(17)7-8-14(18)22-10-9-15(19)23-16(20)11-12-5-3-4-6-12/h7-8,12H,2-6,9-11H2,1H3/b8-7-. The Morgan fingerprint density at radius 3 is 2.17 bits per heavy atom. The van der Waals surface area contributed by atoms with Gasteiger partial charge in [-0.05, 0) is 25.7 Å². The Morgan fingerprint density at radius 2 is 1.57 bits per heavy atom. The summed E-state index contributed by atoms with van der Waals surface area (Å²) in [5.41, 5.74) is 0. The quantitative estimate of drug-likeness (QED) is 0.290. The molecule has 1 saturated carbocycles. The summed E-state index contributed by atoms with van der Waals surface area (Å²) in [6.45, 7) is 1.63. The summed E-state index contributed by atoms with van der Waals surface area (Å²) in [4.78, 5) is 45.2. The lowest BCUT2D eigenvalue weighted by Crippen LogP contribution is -2.17. The number of hydrogen-bond acceptors (Lipinski definition) is 7. The molecule has 0 bridgehead atoms. The third-order valence-corrected chi connectivity index (χ3v) is 3.35. The van der Waals surface area contributed by atoms with Crippen LogP contribution in [0.3, 0.4) is 0 Å². The summed E-state index contributed by atoms with van der Waals surface area (Å²) in [5.74, 6) is -2.38. The van der Waals surface area contributed by atoms with Gasteiger partial charge in [0.25, 0.3) is 0 Å². The minimum absolute atomic E-state index is 0.207. The molecule has 0 radical (unpaired) electrons. The second kappa shape index (κ2) is 10.5. The van der Waals surface area contributed by atoms with Gasteiger partial charge in [0.15, 0.2) is 0 Å². The average Bonchev–Trinajstić information content (AvgIpc) is 2.98. The molecule has 0 amide bonds. The van der Waals surface area contributed by atoms with Gasteiger partial charge < -0.3 is 14.2 Å². The number of hydrogen-bond donors (Lipinski definition) is 0. The van der Waals surface area contributed by atoms with E-state index in [4.69, 9.17) is 4.74 Å². The first-order chi connectivity index (χ1) is 11.0. The largest absolute Gasteiger partial charge is 0.463 e. The zero-order valence-electron chi connectivity index (χ0n) is 13.2. The molecule has 0 aromatic heterocycles. The molecule has 7 nitrogen and oxygen atoms in total. The number of carbonyl (C=O) groups is 4. The highest BCUT2D eigenvalue weighted by Gasteiger charge is 2.20. The van der Waals surface area contributed by atoms with Crippen LogP contribution in [0.5, 0.6) is 0 Å². The summed E-state index contributed by atoms with van der Waals surface area (Å²) >= 11 is 0. The van der Waals surface area contributed by atoms with Crippen LogP contribution in [0.25, 0.3) is 0 Å². The van der Waals surface area contributed by atoms with Crippen LogP contribution in [0, 0.1) is 5.92 Å². The van der Waals surface area contributed by atoms with E-state index in [-0.39, 0.29) is 26.1 Å². The van der Waals surface area contributed by atoms with Gasteiger partial charge in [0.2, 0.25) is 0 Å². The van der Waals surface area contributed by atoms with Gasteiger partial charge in [-0.15, -0.1) is 0 Å². The minimum Gasteiger partial charge on any atom is -0.463 e. The molecule has 0 atom stereocenters. The second-order valence-corrected chi connectivity index (χ2v) is 5.20. The van der Waals surface area contributed by atoms with E-state index < -0.39 is 23.9 Å². The molecule has 7 heteroatoms. The summed E-state index contributed by atoms with van der Waals surface area (Å²) in [7, 11) is 0. The Kier molecular flexibility index (Phi) is 8.64. The van der Waals surface area contributed by atoms with Crippen molar-refractivity contribution in [2.45, 2.75) is 45.4 Å². The SMILES string of the molecule is CCOC(=O)/C=C\C(=O)OCCC(=O)OC(=O)CC1CCCC1. The molecular formula is C16H22O7. The number of rotatable bonds is 8. The van der Waals surface area contributed by atoms with E-state index in [0.29, 0.717) is 5.92 Å². The fourth-order valence-corrected chi connectivity index (χ4v) is 2.28. The van der Waals surface area contributed by atoms with E-state index in [1.807, 2.05) is 0 Å². The van der Waals surface area contributed by atoms with E-state index >= 15 is 0 Å². The van der Waals surface area contributed by atoms with Gasteiger partial charge in [-0.1, -0.05) is 12.8 Å². The maximum absolute atomic E-state index is 11.5. The van der Waals surface area contributed by atoms with Crippen LogP contribution in [-0.2, 0) is 33.4 Å². The highest BCUT2D eigenvalue weighted by atomic mass is 16.6. The monoisotopic (exact) mass is 326 g/mol. The lowest BCUT2D eigenvalue weighted by atomic mass is 10.0. The fourth-order valence-electron chi connectivity index (χ4n) is 2.28. The van der Waals surface area contributed by atoms with Gasteiger partial charge in [0.1, 0.15) is 6.61 Å². The van der Waals surface area contributed by atoms with E-state index in [0.717, 1.165) is 37.8 Å². The minimum atomic E-state index is -0.775. The first kappa shape index (κ1) is 18.9. The molecule has 0 unspecified atom stereocenters. The number of ether oxygens (including phenoxy) is 3. The molecule has 0 N–H and O–H groups in total. The molecule has 0 aromatic carbocycles. The van der Waals surface area contributed by atoms with Crippen LogP contribution in [0.1, 0.15) is 45.4 Å². The first-order valence-corrected chi connectivity index (χ1v) is 7.76. The van der Waals surface area contributed by atoms with E-state index in [1.165, 1.54) is 0 Å². The normalized spacial score (nSPS) is 14.7. The van der Waals surface area contributed by atoms with E-state index in [1.54, 1.807) is 6.92 Å². The topological polar surface area (TPSA) is 96.0 Å². The number of carbonyl (C=O) groups excluding carboxylic acids is 4. The van der Waals surface area contributed by atoms with Crippen LogP contribution in [-0.4, -0.2) is 37.1 Å². The lowest BCUT2D eigenvalue weighted by Gasteiger charge is -2.07. The van der Waals surface area contributed by atoms with Crippen molar-refractivity contribution in [2.75, 3.05) is 13.2 Å². The van der Waals surface area contributed by atoms with Crippen LogP contribution in [0.15, 0.2) is 12.2 Å². The Bertz CT molecular complexity index is 461. The fraction of sp³-hybridized carbons (Fsp3) is 0.625. The summed E-state index contributed by atoms with van der Waals surface area (Å²) in [5, 5.41) is 0. The van der Waals surface area contributed by atoms with Crippen molar-refractivity contribution >= 4 is 23.9 Å². The van der Waals surface area contributed by atoms with Crippen molar-refractivity contribution in [1.82, 2.24) is 0 Å². The molecule has 1 aliphatic carbocycles. The van der Waals surface area contributed by atoms with Crippen molar-refractivity contribution in [2.24, 2.45) is 5.92 Å². The van der Waals surface area contributed by atoms with Gasteiger partial charge in [-0.2, -0.15) is 0 Å². The molecule has 23 heavy (non-hydrogen) atoms. The van der Waals surface area contributed by atoms with Crippen molar-refractivity contribution in [1.29, 1.82) is 0 Å². The molecule has 1 fully saturated rings. The van der Waals surface area contributed by atoms with Gasteiger partial charge in [0.05, 0.1) is 13.0 Å². The van der Waals surface area contributed by atoms with Gasteiger partial charge in [0, 0.05) is 18.6 Å². The lowest BCUT2D eigenvalue weighted by molar-refractivity contribution is -0.161. The summed E-state index contributed by atoms with van der Waals surface area (Å²) in [6.07, 6.45) is 6.11. The molecule has 0 heterocycles. The first-order valence-electron chi connectivity index (χ1n) is 7.76. The van der Waals surface area contributed by atoms with Gasteiger partial charge in [-0.25, -0.2) is 9.59 Å². The molecule has 1 aliphatic rings. The van der Waals surface area contributed by atoms with Gasteiger partial charge in [-0.3, -0.25) is 9.59 Å². The van der Waals surface area contributed by atoms with Gasteiger partial charge >= 0.3 is 23.9 Å². The van der Waals surface area contributed by atoms with E-state index in [9.17, 15) is 19.2 Å². The molecule has 0 aliphatic heterocycles. The number of esters is 4. The Balaban J connectivity index is 2.14. The predicted octanol–water partition coefficient (Wildman–Crippen LogP) is 1.69. The van der Waals surface area contributed by atoms with E-state index in [2.05, 4.69) is 9.47 Å². The molecule has 0 aromatic rings. The van der Waals surface area contributed by atoms with Crippen molar-refractivity contribution in [3.05, 3.63) is 12.2 Å². The Labute approximate surface area is 135 Å². The Hall–Kier alpha value is -2.18. The van der Waals surface area contributed by atoms with Crippen molar-refractivity contribution in [3.63, 3.8) is 0 Å². The molecule has 1 rings (SSSR count). The molecular weight excluding hydrogens is 304 g/mol. The van der Waals surface area contributed by atoms with Crippen molar-refractivity contribution in [3.8, 4) is 0 Å². The molecule has 128 valence electrons. The molecule has 0 spiro atoms. The second-order valence-electron chi connectivity index (χ2n) is 5.20. The molecule has 0 saturated heterocycles. The zero-order chi connectivity index (χ0) is 17.1. The maximum atomic E-state index is 11.5. The van der Waals surface area contributed by atoms with Crippen LogP contribution < -0.4 is 0 Å². The third-order valence-electron chi connectivity index (χ3n) is 3.35. The Morgan fingerprint density at radius 1 is 0.957 bits per heavy atom. The summed E-state index contributed by atoms with van der Waals surface area (Å²) in [6, 6.07) is 0. The van der Waals surface area contributed by atoms with Crippen LogP contribution in [0.4, 0.5) is 0 Å². The average molecular weight is 326 g/mol. The smallest absolute Gasteiger partial charge is 0.331 e. The van der Waals surface area contributed by atoms with Crippen LogP contribution in [0.2, 0.25) is 0 Å². The highest BCUT2D eigenvalue weighted by molar-refractivity contribution is 5.91. The summed E-state index contributed by atoms with van der Waals surface area (Å²) < 4.78 is 14.0. The van der Waals surface area contributed by atoms with Crippen LogP contribution >= 0.6 is 0 Å². The zero-order valence-corrected chi connectivity index (χ0v) is 13.2. The third kappa shape index (κ3) is 8.75. The van der Waals surface area contributed by atoms with Crippen molar-refractivity contribution < 1.29 is 33.4 Å². The maximum Gasteiger partial charge on any atom is 0.331 e. The predicted molar refractivity (Wildman–Crippen MR) is 79.0 cm³/mol.